The number of aromatic hydroxyl groups is 1. The third kappa shape index (κ3) is 4.67. The number of nitrogens with zero attached hydrogens (tertiary/aromatic N) is 2. The van der Waals surface area contributed by atoms with E-state index in [1.165, 1.54) is 31.3 Å². The Morgan fingerprint density at radius 2 is 1.85 bits per heavy atom. The minimum Gasteiger partial charge on any atom is -0.506 e. The van der Waals surface area contributed by atoms with Gasteiger partial charge in [-0.25, -0.2) is 9.37 Å². The average Bonchev–Trinajstić information content (AvgIpc) is 3.28. The third-order valence-corrected chi connectivity index (χ3v) is 7.08. The number of ether oxygens (including phenoxy) is 1. The molecule has 0 saturated carbocycles. The highest BCUT2D eigenvalue weighted by atomic mass is 19.4. The molecule has 1 aliphatic rings. The number of pyridine rings is 2. The van der Waals surface area contributed by atoms with E-state index in [0.29, 0.717) is 5.39 Å². The number of nitrogens with two attached hydrogens (primary N) is 1. The largest absolute Gasteiger partial charge is 0.506 e. The number of nitrogens with one attached hydrogen (secondary N) is 1. The number of aliphatic hydroxyl groups is 1. The predicted molar refractivity (Wildman–Crippen MR) is 137 cm³/mol. The summed E-state index contributed by atoms with van der Waals surface area (Å²) in [5.74, 6) is -2.95. The lowest BCUT2D eigenvalue weighted by molar-refractivity contribution is -0.265. The first-order chi connectivity index (χ1) is 19.2. The van der Waals surface area contributed by atoms with Crippen molar-refractivity contribution in [1.82, 2.24) is 15.3 Å². The van der Waals surface area contributed by atoms with Crippen LogP contribution in [0.3, 0.4) is 0 Å². The van der Waals surface area contributed by atoms with Crippen LogP contribution in [-0.4, -0.2) is 51.3 Å². The second kappa shape index (κ2) is 9.70. The van der Waals surface area contributed by atoms with Gasteiger partial charge in [-0.3, -0.25) is 14.6 Å². The molecule has 9 nitrogen and oxygen atoms in total. The highest BCUT2D eigenvalue weighted by Crippen LogP contribution is 2.47. The lowest BCUT2D eigenvalue weighted by Crippen LogP contribution is -2.51. The second-order valence-corrected chi connectivity index (χ2v) is 9.84. The molecule has 2 aromatic heterocycles. The maximum Gasteiger partial charge on any atom is 0.424 e. The van der Waals surface area contributed by atoms with Crippen LogP contribution >= 0.6 is 0 Å². The minimum absolute atomic E-state index is 0.0459. The molecule has 13 heteroatoms. The van der Waals surface area contributed by atoms with Crippen LogP contribution in [0, 0.1) is 5.82 Å². The van der Waals surface area contributed by atoms with Gasteiger partial charge in [-0.2, -0.15) is 13.2 Å². The van der Waals surface area contributed by atoms with Gasteiger partial charge in [-0.15, -0.1) is 0 Å². The van der Waals surface area contributed by atoms with E-state index in [4.69, 9.17) is 10.5 Å². The number of phenolic OH excluding ortho intramolecular Hbond substituents is 1. The number of halogens is 4. The molecular weight excluding hydrogens is 548 g/mol. The van der Waals surface area contributed by atoms with E-state index in [1.54, 1.807) is 12.1 Å². The molecule has 0 spiro atoms. The Labute approximate surface area is 229 Å². The van der Waals surface area contributed by atoms with Crippen LogP contribution in [0.15, 0.2) is 60.8 Å². The van der Waals surface area contributed by atoms with Crippen molar-refractivity contribution in [2.45, 2.75) is 24.1 Å². The van der Waals surface area contributed by atoms with Gasteiger partial charge in [0.2, 0.25) is 11.5 Å². The zero-order chi connectivity index (χ0) is 29.7. The molecule has 0 aliphatic carbocycles. The highest BCUT2D eigenvalue weighted by Gasteiger charge is 2.57. The van der Waals surface area contributed by atoms with Crippen LogP contribution in [0.2, 0.25) is 0 Å². The number of phenols is 1. The molecular formula is C28H22F4N4O5. The summed E-state index contributed by atoms with van der Waals surface area (Å²) in [6.45, 7) is -0.322. The first kappa shape index (κ1) is 27.8. The monoisotopic (exact) mass is 570 g/mol. The fourth-order valence-electron chi connectivity index (χ4n) is 4.55. The summed E-state index contributed by atoms with van der Waals surface area (Å²) in [4.78, 5) is 33.3. The van der Waals surface area contributed by atoms with Gasteiger partial charge in [-0.05, 0) is 55.5 Å². The number of aromatic nitrogens is 2. The van der Waals surface area contributed by atoms with Crippen LogP contribution < -0.4 is 15.8 Å². The van der Waals surface area contributed by atoms with Crippen LogP contribution in [-0.2, 0) is 15.8 Å². The van der Waals surface area contributed by atoms with Crippen molar-refractivity contribution in [3.8, 4) is 22.8 Å². The SMILES string of the molecule is C[C@]1(C(N)=O)COc2c1cc([C@@](O)(CNC(=O)c1cc(O)c3ncccc3c1)C(F)(F)F)nc2-c1ccc(F)cc1. The topological polar surface area (TPSA) is 148 Å². The van der Waals surface area contributed by atoms with Gasteiger partial charge in [0.25, 0.3) is 5.91 Å². The molecule has 4 aromatic rings. The Morgan fingerprint density at radius 1 is 1.15 bits per heavy atom. The summed E-state index contributed by atoms with van der Waals surface area (Å²) in [7, 11) is 0. The molecule has 2 atom stereocenters. The normalized spacial score (nSPS) is 17.9. The number of carbonyl (C=O) groups is 2. The van der Waals surface area contributed by atoms with E-state index < -0.39 is 47.1 Å². The van der Waals surface area contributed by atoms with Gasteiger partial charge in [0.15, 0.2) is 0 Å². The smallest absolute Gasteiger partial charge is 0.424 e. The molecule has 0 fully saturated rings. The van der Waals surface area contributed by atoms with E-state index in [1.807, 2.05) is 0 Å². The Balaban J connectivity index is 1.59. The van der Waals surface area contributed by atoms with Gasteiger partial charge in [0, 0.05) is 28.3 Å². The molecule has 0 bridgehead atoms. The standard InChI is InChI=1S/C28H22F4N4O5/c1-26(25(33)39)13-41-23-18(26)11-20(36-22(23)14-4-6-17(29)7-5-14)27(40,28(30,31)32)12-35-24(38)16-9-15-3-2-8-34-21(15)19(37)10-16/h2-11,37,40H,12-13H2,1H3,(H2,33,39)(H,35,38)/t26-,27-/m0/s1. The van der Waals surface area contributed by atoms with E-state index in [9.17, 15) is 37.4 Å². The van der Waals surface area contributed by atoms with Crippen molar-refractivity contribution in [2.24, 2.45) is 5.73 Å². The van der Waals surface area contributed by atoms with Gasteiger partial charge < -0.3 is 26.0 Å². The Bertz CT molecular complexity index is 1700. The van der Waals surface area contributed by atoms with Gasteiger partial charge in [0.05, 0.1) is 12.2 Å². The van der Waals surface area contributed by atoms with Crippen LogP contribution in [0.25, 0.3) is 22.2 Å². The molecule has 1 aliphatic heterocycles. The van der Waals surface area contributed by atoms with E-state index >= 15 is 0 Å². The van der Waals surface area contributed by atoms with Crippen LogP contribution in [0.1, 0.15) is 28.5 Å². The molecule has 212 valence electrons. The molecule has 0 saturated heterocycles. The summed E-state index contributed by atoms with van der Waals surface area (Å²) in [5.41, 5.74) is -0.827. The number of amides is 2. The number of hydrogen-bond acceptors (Lipinski definition) is 7. The number of fused-ring (bicyclic) bond motifs is 2. The van der Waals surface area contributed by atoms with Crippen LogP contribution in [0.5, 0.6) is 11.5 Å². The maximum absolute atomic E-state index is 14.5. The zero-order valence-corrected chi connectivity index (χ0v) is 21.3. The Hall–Kier alpha value is -4.78. The first-order valence-corrected chi connectivity index (χ1v) is 12.1. The van der Waals surface area contributed by atoms with Gasteiger partial charge in [-0.1, -0.05) is 6.07 Å². The number of alkyl halides is 3. The predicted octanol–water partition coefficient (Wildman–Crippen LogP) is 3.46. The van der Waals surface area contributed by atoms with E-state index in [0.717, 1.165) is 24.3 Å². The Kier molecular flexibility index (Phi) is 6.57. The average molecular weight is 570 g/mol. The molecule has 0 unspecified atom stereocenters. The van der Waals surface area contributed by atoms with Crippen LogP contribution in [0.4, 0.5) is 17.6 Å². The number of hydrogen-bond donors (Lipinski definition) is 4. The van der Waals surface area contributed by atoms with Gasteiger partial charge >= 0.3 is 6.18 Å². The fourth-order valence-corrected chi connectivity index (χ4v) is 4.55. The summed E-state index contributed by atoms with van der Waals surface area (Å²) >= 11 is 0. The number of primary amides is 1. The summed E-state index contributed by atoms with van der Waals surface area (Å²) in [6, 6.07) is 10.9. The highest BCUT2D eigenvalue weighted by molar-refractivity contribution is 5.99. The molecule has 2 aromatic carbocycles. The summed E-state index contributed by atoms with van der Waals surface area (Å²) in [6.07, 6.45) is -3.96. The van der Waals surface area contributed by atoms with Crippen molar-refractivity contribution < 1.29 is 42.1 Å². The van der Waals surface area contributed by atoms with Crippen molar-refractivity contribution >= 4 is 22.7 Å². The number of carbonyl (C=O) groups excluding carboxylic acids is 2. The molecule has 41 heavy (non-hydrogen) atoms. The van der Waals surface area contributed by atoms with Crippen molar-refractivity contribution in [3.05, 3.63) is 83.4 Å². The quantitative estimate of drug-likeness (QED) is 0.260. The maximum atomic E-state index is 14.5. The van der Waals surface area contributed by atoms with E-state index in [2.05, 4.69) is 15.3 Å². The number of rotatable bonds is 6. The summed E-state index contributed by atoms with van der Waals surface area (Å²) < 4.78 is 62.9. The molecule has 5 rings (SSSR count). The Morgan fingerprint density at radius 3 is 2.51 bits per heavy atom. The first-order valence-electron chi connectivity index (χ1n) is 12.1. The summed E-state index contributed by atoms with van der Waals surface area (Å²) in [5, 5.41) is 23.8. The van der Waals surface area contributed by atoms with Crippen molar-refractivity contribution in [1.29, 1.82) is 0 Å². The molecule has 0 radical (unpaired) electrons. The molecule has 2 amide bonds. The lowest BCUT2D eigenvalue weighted by Gasteiger charge is -2.31. The van der Waals surface area contributed by atoms with Crippen molar-refractivity contribution in [3.63, 3.8) is 0 Å². The third-order valence-electron chi connectivity index (χ3n) is 7.08. The molecule has 5 N–H and O–H groups in total. The second-order valence-electron chi connectivity index (χ2n) is 9.84. The fraction of sp³-hybridized carbons (Fsp3) is 0.214. The zero-order valence-electron chi connectivity index (χ0n) is 21.3. The van der Waals surface area contributed by atoms with Crippen molar-refractivity contribution in [2.75, 3.05) is 13.2 Å². The minimum atomic E-state index is -5.38. The number of benzene rings is 2. The van der Waals surface area contributed by atoms with Gasteiger partial charge in [0.1, 0.15) is 40.5 Å². The van der Waals surface area contributed by atoms with E-state index in [-0.39, 0.29) is 46.0 Å². The lowest BCUT2D eigenvalue weighted by atomic mass is 9.81. The molecule has 3 heterocycles.